The molecule has 2 aliphatic rings. The molecule has 0 amide bonds. The van der Waals surface area contributed by atoms with E-state index in [1.807, 2.05) is 7.05 Å². The minimum absolute atomic E-state index is 0.617. The van der Waals surface area contributed by atoms with Crippen LogP contribution in [0.3, 0.4) is 0 Å². The Balaban J connectivity index is 1.80. The molecule has 0 unspecified atom stereocenters. The van der Waals surface area contributed by atoms with Gasteiger partial charge in [0.25, 0.3) is 0 Å². The van der Waals surface area contributed by atoms with E-state index in [1.54, 1.807) is 0 Å². The molecule has 0 atom stereocenters. The van der Waals surface area contributed by atoms with E-state index < -0.39 is 0 Å². The summed E-state index contributed by atoms with van der Waals surface area (Å²) in [5.41, 5.74) is 0.617. The summed E-state index contributed by atoms with van der Waals surface area (Å²) in [5.74, 6) is 0. The van der Waals surface area contributed by atoms with Crippen LogP contribution in [0, 0.1) is 5.41 Å². The Bertz CT molecular complexity index is 178. The molecule has 2 saturated heterocycles. The van der Waals surface area contributed by atoms with E-state index in [-0.39, 0.29) is 0 Å². The lowest BCUT2D eigenvalue weighted by molar-refractivity contribution is 0.0195. The third-order valence-corrected chi connectivity index (χ3v) is 3.75. The number of nitrogens with one attached hydrogen (secondary N) is 1. The zero-order chi connectivity index (χ0) is 9.86. The molecule has 0 aliphatic carbocycles. The predicted octanol–water partition coefficient (Wildman–Crippen LogP) is 0.708. The van der Waals surface area contributed by atoms with Crippen molar-refractivity contribution < 1.29 is 4.74 Å². The molecular formula is C11H22N2O. The molecule has 3 nitrogen and oxygen atoms in total. The normalized spacial score (nSPS) is 27.2. The lowest BCUT2D eigenvalue weighted by Crippen LogP contribution is -2.35. The summed E-state index contributed by atoms with van der Waals surface area (Å²) in [6, 6.07) is 0. The highest BCUT2D eigenvalue weighted by atomic mass is 16.5. The van der Waals surface area contributed by atoms with Crippen LogP contribution in [0.1, 0.15) is 19.3 Å². The van der Waals surface area contributed by atoms with Gasteiger partial charge in [0, 0.05) is 32.8 Å². The molecule has 1 spiro atoms. The molecule has 2 fully saturated rings. The summed E-state index contributed by atoms with van der Waals surface area (Å²) in [5, 5.41) is 3.22. The van der Waals surface area contributed by atoms with Gasteiger partial charge >= 0.3 is 0 Å². The fourth-order valence-corrected chi connectivity index (χ4v) is 2.70. The highest BCUT2D eigenvalue weighted by Gasteiger charge is 2.38. The first-order valence-corrected chi connectivity index (χ1v) is 5.79. The van der Waals surface area contributed by atoms with Crippen molar-refractivity contribution in [2.45, 2.75) is 19.3 Å². The quantitative estimate of drug-likeness (QED) is 0.723. The molecule has 0 aromatic carbocycles. The van der Waals surface area contributed by atoms with Crippen LogP contribution in [0.4, 0.5) is 0 Å². The lowest BCUT2D eigenvalue weighted by atomic mass is 9.80. The first-order chi connectivity index (χ1) is 6.85. The summed E-state index contributed by atoms with van der Waals surface area (Å²) < 4.78 is 5.44. The number of rotatable bonds is 3. The van der Waals surface area contributed by atoms with Crippen LogP contribution < -0.4 is 5.32 Å². The fourth-order valence-electron chi connectivity index (χ4n) is 2.70. The van der Waals surface area contributed by atoms with Crippen LogP contribution in [-0.4, -0.2) is 51.3 Å². The van der Waals surface area contributed by atoms with Crippen LogP contribution >= 0.6 is 0 Å². The number of nitrogens with zero attached hydrogens (tertiary/aromatic N) is 1. The van der Waals surface area contributed by atoms with Gasteiger partial charge in [-0.15, -0.1) is 0 Å². The average Bonchev–Trinajstić information content (AvgIpc) is 2.60. The van der Waals surface area contributed by atoms with Gasteiger partial charge in [-0.3, -0.25) is 0 Å². The standard InChI is InChI=1S/C11H22N2O/c1-12-5-7-13-6-2-11(10-13)3-8-14-9-4-11/h12H,2-10H2,1H3. The maximum Gasteiger partial charge on any atom is 0.0471 e. The van der Waals surface area contributed by atoms with Gasteiger partial charge in [0.2, 0.25) is 0 Å². The molecule has 0 saturated carbocycles. The van der Waals surface area contributed by atoms with Crippen LogP contribution in [0.25, 0.3) is 0 Å². The Morgan fingerprint density at radius 2 is 2.07 bits per heavy atom. The second-order valence-electron chi connectivity index (χ2n) is 4.74. The summed E-state index contributed by atoms with van der Waals surface area (Å²) in [7, 11) is 2.03. The van der Waals surface area contributed by atoms with Gasteiger partial charge in [-0.25, -0.2) is 0 Å². The molecule has 0 radical (unpaired) electrons. The fraction of sp³-hybridized carbons (Fsp3) is 1.00. The molecule has 2 heterocycles. The maximum atomic E-state index is 5.44. The summed E-state index contributed by atoms with van der Waals surface area (Å²) in [6.45, 7) is 6.89. The highest BCUT2D eigenvalue weighted by molar-refractivity contribution is 4.91. The molecule has 2 rings (SSSR count). The minimum Gasteiger partial charge on any atom is -0.381 e. The van der Waals surface area contributed by atoms with Gasteiger partial charge in [-0.1, -0.05) is 0 Å². The van der Waals surface area contributed by atoms with Crippen molar-refractivity contribution in [1.82, 2.24) is 10.2 Å². The zero-order valence-electron chi connectivity index (χ0n) is 9.22. The predicted molar refractivity (Wildman–Crippen MR) is 57.5 cm³/mol. The summed E-state index contributed by atoms with van der Waals surface area (Å²) in [6.07, 6.45) is 3.95. The second kappa shape index (κ2) is 4.60. The van der Waals surface area contributed by atoms with Crippen LogP contribution in [0.2, 0.25) is 0 Å². The van der Waals surface area contributed by atoms with E-state index >= 15 is 0 Å². The average molecular weight is 198 g/mol. The molecule has 2 aliphatic heterocycles. The van der Waals surface area contributed by atoms with Crippen LogP contribution in [0.15, 0.2) is 0 Å². The van der Waals surface area contributed by atoms with E-state index in [1.165, 1.54) is 38.9 Å². The molecule has 14 heavy (non-hydrogen) atoms. The van der Waals surface area contributed by atoms with Gasteiger partial charge in [0.05, 0.1) is 0 Å². The number of hydrogen-bond acceptors (Lipinski definition) is 3. The van der Waals surface area contributed by atoms with Crippen molar-refractivity contribution in [3.8, 4) is 0 Å². The highest BCUT2D eigenvalue weighted by Crippen LogP contribution is 2.39. The smallest absolute Gasteiger partial charge is 0.0471 e. The van der Waals surface area contributed by atoms with Gasteiger partial charge in [-0.05, 0) is 38.3 Å². The molecule has 0 aromatic heterocycles. The number of hydrogen-bond donors (Lipinski definition) is 1. The van der Waals surface area contributed by atoms with E-state index in [9.17, 15) is 0 Å². The van der Waals surface area contributed by atoms with Gasteiger partial charge < -0.3 is 15.0 Å². The van der Waals surface area contributed by atoms with E-state index in [2.05, 4.69) is 10.2 Å². The molecule has 1 N–H and O–H groups in total. The summed E-state index contributed by atoms with van der Waals surface area (Å²) in [4.78, 5) is 2.60. The second-order valence-corrected chi connectivity index (χ2v) is 4.74. The topological polar surface area (TPSA) is 24.5 Å². The summed E-state index contributed by atoms with van der Waals surface area (Å²) >= 11 is 0. The minimum atomic E-state index is 0.617. The van der Waals surface area contributed by atoms with Crippen molar-refractivity contribution in [3.63, 3.8) is 0 Å². The van der Waals surface area contributed by atoms with Gasteiger partial charge in [0.1, 0.15) is 0 Å². The maximum absolute atomic E-state index is 5.44. The number of likely N-dealkylation sites (N-methyl/N-ethyl adjacent to an activating group) is 1. The SMILES string of the molecule is CNCCN1CCC2(CCOCC2)C1. The first kappa shape index (κ1) is 10.4. The van der Waals surface area contributed by atoms with E-state index in [4.69, 9.17) is 4.74 Å². The molecule has 0 bridgehead atoms. The lowest BCUT2D eigenvalue weighted by Gasteiger charge is -2.33. The van der Waals surface area contributed by atoms with Gasteiger partial charge in [-0.2, -0.15) is 0 Å². The van der Waals surface area contributed by atoms with Crippen molar-refractivity contribution >= 4 is 0 Å². The van der Waals surface area contributed by atoms with Crippen LogP contribution in [0.5, 0.6) is 0 Å². The number of ether oxygens (including phenoxy) is 1. The molecule has 3 heteroatoms. The van der Waals surface area contributed by atoms with Crippen LogP contribution in [-0.2, 0) is 4.74 Å². The monoisotopic (exact) mass is 198 g/mol. The van der Waals surface area contributed by atoms with E-state index in [0.29, 0.717) is 5.41 Å². The third kappa shape index (κ3) is 2.27. The Morgan fingerprint density at radius 3 is 2.79 bits per heavy atom. The molecular weight excluding hydrogens is 176 g/mol. The first-order valence-electron chi connectivity index (χ1n) is 5.79. The Hall–Kier alpha value is -0.120. The number of likely N-dealkylation sites (tertiary alicyclic amines) is 1. The van der Waals surface area contributed by atoms with Gasteiger partial charge in [0.15, 0.2) is 0 Å². The van der Waals surface area contributed by atoms with E-state index in [0.717, 1.165) is 19.8 Å². The van der Waals surface area contributed by atoms with Crippen molar-refractivity contribution in [1.29, 1.82) is 0 Å². The van der Waals surface area contributed by atoms with Crippen molar-refractivity contribution in [3.05, 3.63) is 0 Å². The Labute approximate surface area is 86.8 Å². The Morgan fingerprint density at radius 1 is 1.29 bits per heavy atom. The molecule has 82 valence electrons. The zero-order valence-corrected chi connectivity index (χ0v) is 9.22. The molecule has 0 aromatic rings. The van der Waals surface area contributed by atoms with Crippen molar-refractivity contribution in [2.75, 3.05) is 46.4 Å². The largest absolute Gasteiger partial charge is 0.381 e. The Kier molecular flexibility index (Phi) is 3.42. The third-order valence-electron chi connectivity index (χ3n) is 3.75. The van der Waals surface area contributed by atoms with Crippen molar-refractivity contribution in [2.24, 2.45) is 5.41 Å².